The molecule has 0 aliphatic heterocycles. The van der Waals surface area contributed by atoms with Gasteiger partial charge in [-0.05, 0) is 42.5 Å². The first kappa shape index (κ1) is 21.3. The fourth-order valence-electron chi connectivity index (χ4n) is 3.36. The maximum absolute atomic E-state index is 12.8. The first-order chi connectivity index (χ1) is 16.5. The zero-order valence-corrected chi connectivity index (χ0v) is 18.4. The Labute approximate surface area is 196 Å². The maximum Gasteiger partial charge on any atom is 0.291 e. The number of fused-ring (bicyclic) bond motifs is 1. The molecule has 168 valence electrons. The highest BCUT2D eigenvalue weighted by atomic mass is 32.1. The van der Waals surface area contributed by atoms with Crippen molar-refractivity contribution in [1.82, 2.24) is 14.6 Å². The molecule has 0 fully saturated rings. The molecule has 0 radical (unpaired) electrons. The number of benzene rings is 2. The number of hydrogen-bond donors (Lipinski definition) is 0. The van der Waals surface area contributed by atoms with Crippen molar-refractivity contribution in [3.8, 4) is 28.5 Å². The predicted octanol–water partition coefficient (Wildman–Crippen LogP) is 4.10. The Morgan fingerprint density at radius 1 is 1.15 bits per heavy atom. The summed E-state index contributed by atoms with van der Waals surface area (Å²) in [4.78, 5) is 28.6. The van der Waals surface area contributed by atoms with Crippen molar-refractivity contribution in [3.05, 3.63) is 104 Å². The summed E-state index contributed by atoms with van der Waals surface area (Å²) in [5.74, 6) is 1.87. The highest BCUT2D eigenvalue weighted by molar-refractivity contribution is 7.15. The molecule has 5 aromatic rings. The normalized spacial score (nSPS) is 11.7. The molecular formula is C24H16N4O5S. The van der Waals surface area contributed by atoms with E-state index in [1.54, 1.807) is 54.6 Å². The van der Waals surface area contributed by atoms with E-state index in [1.165, 1.54) is 21.9 Å². The summed E-state index contributed by atoms with van der Waals surface area (Å²) >= 11 is 1.18. The fourth-order valence-corrected chi connectivity index (χ4v) is 4.24. The summed E-state index contributed by atoms with van der Waals surface area (Å²) in [5, 5.41) is 15.6. The number of thiazole rings is 1. The summed E-state index contributed by atoms with van der Waals surface area (Å²) in [6.45, 7) is 4.03. The van der Waals surface area contributed by atoms with Gasteiger partial charge in [0.2, 0.25) is 4.96 Å². The average molecular weight is 472 g/mol. The second-order valence-electron chi connectivity index (χ2n) is 7.15. The number of nitro benzene ring substituents is 1. The SMILES string of the molecule is C=CCOc1ccc(-c2nc3sc(=Cc4ccc(-c5ccccc5[N+](=O)[O-])o4)c(=O)n3n2)cc1. The van der Waals surface area contributed by atoms with E-state index < -0.39 is 4.92 Å². The lowest BCUT2D eigenvalue weighted by atomic mass is 10.1. The Morgan fingerprint density at radius 3 is 2.68 bits per heavy atom. The van der Waals surface area contributed by atoms with Gasteiger partial charge in [0.25, 0.3) is 11.2 Å². The number of rotatable bonds is 7. The first-order valence-corrected chi connectivity index (χ1v) is 10.9. The van der Waals surface area contributed by atoms with Crippen LogP contribution in [-0.4, -0.2) is 26.1 Å². The summed E-state index contributed by atoms with van der Waals surface area (Å²) in [7, 11) is 0. The molecule has 0 N–H and O–H groups in total. The van der Waals surface area contributed by atoms with Crippen LogP contribution in [0.2, 0.25) is 0 Å². The summed E-state index contributed by atoms with van der Waals surface area (Å²) in [6, 6.07) is 16.9. The topological polar surface area (TPSA) is 113 Å². The van der Waals surface area contributed by atoms with Crippen LogP contribution in [0.1, 0.15) is 5.76 Å². The summed E-state index contributed by atoms with van der Waals surface area (Å²) < 4.78 is 12.9. The lowest BCUT2D eigenvalue weighted by molar-refractivity contribution is -0.384. The number of ether oxygens (including phenoxy) is 1. The van der Waals surface area contributed by atoms with Crippen molar-refractivity contribution in [3.63, 3.8) is 0 Å². The van der Waals surface area contributed by atoms with E-state index in [1.807, 2.05) is 12.1 Å². The van der Waals surface area contributed by atoms with Gasteiger partial charge in [-0.3, -0.25) is 14.9 Å². The van der Waals surface area contributed by atoms with Gasteiger partial charge in [-0.2, -0.15) is 9.50 Å². The molecule has 3 aromatic heterocycles. The minimum absolute atomic E-state index is 0.0560. The lowest BCUT2D eigenvalue weighted by Gasteiger charge is -2.02. The van der Waals surface area contributed by atoms with Crippen molar-refractivity contribution >= 4 is 28.1 Å². The molecule has 3 heterocycles. The van der Waals surface area contributed by atoms with Crippen LogP contribution in [0.15, 0.2) is 82.5 Å². The van der Waals surface area contributed by atoms with Gasteiger partial charge in [0, 0.05) is 17.7 Å². The van der Waals surface area contributed by atoms with Crippen LogP contribution in [-0.2, 0) is 0 Å². The van der Waals surface area contributed by atoms with Crippen LogP contribution in [0, 0.1) is 10.1 Å². The first-order valence-electron chi connectivity index (χ1n) is 10.1. The quantitative estimate of drug-likeness (QED) is 0.199. The second kappa shape index (κ2) is 8.75. The van der Waals surface area contributed by atoms with Gasteiger partial charge in [0.1, 0.15) is 28.4 Å². The van der Waals surface area contributed by atoms with E-state index in [0.29, 0.717) is 44.8 Å². The standard InChI is InChI=1S/C24H16N4O5S/c1-2-13-32-16-9-7-15(8-10-16)22-25-24-27(26-22)23(29)21(34-24)14-17-11-12-20(33-17)18-5-3-4-6-19(18)28(30)31/h2-12,14H,1,13H2. The Hall–Kier alpha value is -4.57. The third-order valence-corrected chi connectivity index (χ3v) is 5.89. The van der Waals surface area contributed by atoms with Crippen molar-refractivity contribution in [2.24, 2.45) is 0 Å². The van der Waals surface area contributed by atoms with E-state index in [0.717, 1.165) is 5.56 Å². The Morgan fingerprint density at radius 2 is 1.94 bits per heavy atom. The van der Waals surface area contributed by atoms with Gasteiger partial charge in [0.05, 0.1) is 10.5 Å². The molecule has 9 nitrogen and oxygen atoms in total. The zero-order valence-electron chi connectivity index (χ0n) is 17.6. The third-order valence-electron chi connectivity index (χ3n) is 4.93. The van der Waals surface area contributed by atoms with E-state index >= 15 is 0 Å². The van der Waals surface area contributed by atoms with Crippen molar-refractivity contribution in [2.75, 3.05) is 6.61 Å². The van der Waals surface area contributed by atoms with E-state index in [9.17, 15) is 14.9 Å². The number of para-hydroxylation sites is 1. The number of aromatic nitrogens is 3. The van der Waals surface area contributed by atoms with Gasteiger partial charge in [0.15, 0.2) is 5.82 Å². The molecule has 0 saturated carbocycles. The van der Waals surface area contributed by atoms with Crippen molar-refractivity contribution in [1.29, 1.82) is 0 Å². The minimum atomic E-state index is -0.462. The number of nitro groups is 1. The van der Waals surface area contributed by atoms with Gasteiger partial charge in [-0.15, -0.1) is 5.10 Å². The molecule has 5 rings (SSSR count). The van der Waals surface area contributed by atoms with Crippen LogP contribution in [0.3, 0.4) is 0 Å². The third kappa shape index (κ3) is 3.97. The summed E-state index contributed by atoms with van der Waals surface area (Å²) in [5.41, 5.74) is 0.738. The molecule has 34 heavy (non-hydrogen) atoms. The Kier molecular flexibility index (Phi) is 5.48. The molecular weight excluding hydrogens is 456 g/mol. The molecule has 0 amide bonds. The van der Waals surface area contributed by atoms with Gasteiger partial charge in [-0.1, -0.05) is 36.1 Å². The monoisotopic (exact) mass is 472 g/mol. The molecule has 2 aromatic carbocycles. The second-order valence-corrected chi connectivity index (χ2v) is 8.16. The van der Waals surface area contributed by atoms with Crippen molar-refractivity contribution in [2.45, 2.75) is 0 Å². The predicted molar refractivity (Wildman–Crippen MR) is 128 cm³/mol. The van der Waals surface area contributed by atoms with E-state index in [-0.39, 0.29) is 11.2 Å². The molecule has 0 saturated heterocycles. The van der Waals surface area contributed by atoms with Crippen LogP contribution in [0.4, 0.5) is 5.69 Å². The van der Waals surface area contributed by atoms with Gasteiger partial charge in [-0.25, -0.2) is 0 Å². The van der Waals surface area contributed by atoms with Crippen LogP contribution in [0.5, 0.6) is 5.75 Å². The average Bonchev–Trinajstić information content (AvgIpc) is 3.55. The van der Waals surface area contributed by atoms with Gasteiger partial charge < -0.3 is 9.15 Å². The molecule has 0 aliphatic carbocycles. The Bertz CT molecular complexity index is 1630. The number of furan rings is 1. The molecule has 0 bridgehead atoms. The molecule has 10 heteroatoms. The van der Waals surface area contributed by atoms with Crippen molar-refractivity contribution < 1.29 is 14.1 Å². The van der Waals surface area contributed by atoms with Crippen LogP contribution in [0.25, 0.3) is 33.7 Å². The molecule has 0 aliphatic rings. The minimum Gasteiger partial charge on any atom is -0.490 e. The highest BCUT2D eigenvalue weighted by Gasteiger charge is 2.17. The van der Waals surface area contributed by atoms with Crippen LogP contribution < -0.4 is 14.8 Å². The highest BCUT2D eigenvalue weighted by Crippen LogP contribution is 2.31. The van der Waals surface area contributed by atoms with E-state index in [2.05, 4.69) is 16.7 Å². The summed E-state index contributed by atoms with van der Waals surface area (Å²) in [6.07, 6.45) is 3.24. The molecule has 0 spiro atoms. The number of hydrogen-bond acceptors (Lipinski definition) is 8. The van der Waals surface area contributed by atoms with Crippen LogP contribution >= 0.6 is 11.3 Å². The zero-order chi connectivity index (χ0) is 23.7. The largest absolute Gasteiger partial charge is 0.490 e. The lowest BCUT2D eigenvalue weighted by Crippen LogP contribution is -2.23. The molecule has 0 atom stereocenters. The fraction of sp³-hybridized carbons (Fsp3) is 0.0417. The number of nitrogens with zero attached hydrogens (tertiary/aromatic N) is 4. The van der Waals surface area contributed by atoms with E-state index in [4.69, 9.17) is 9.15 Å². The molecule has 0 unspecified atom stereocenters. The Balaban J connectivity index is 1.45. The smallest absolute Gasteiger partial charge is 0.291 e. The maximum atomic E-state index is 12.8. The van der Waals surface area contributed by atoms with Gasteiger partial charge >= 0.3 is 0 Å².